The normalized spacial score (nSPS) is 11.2. The molecule has 0 unspecified atom stereocenters. The van der Waals surface area contributed by atoms with E-state index in [2.05, 4.69) is 11.9 Å². The molecule has 0 aliphatic carbocycles. The molecule has 0 saturated carbocycles. The van der Waals surface area contributed by atoms with Crippen molar-refractivity contribution in [2.75, 3.05) is 0 Å². The zero-order chi connectivity index (χ0) is 12.0. The van der Waals surface area contributed by atoms with E-state index in [0.29, 0.717) is 5.57 Å². The molecule has 0 aromatic heterocycles. The van der Waals surface area contributed by atoms with Crippen LogP contribution in [0, 0.1) is 0 Å². The summed E-state index contributed by atoms with van der Waals surface area (Å²) in [5.41, 5.74) is 2.58. The molecule has 0 radical (unpaired) electrons. The van der Waals surface area contributed by atoms with Crippen molar-refractivity contribution in [3.05, 3.63) is 35.5 Å². The Hall–Kier alpha value is -1.31. The van der Waals surface area contributed by atoms with Gasteiger partial charge in [0.15, 0.2) is 0 Å². The highest BCUT2D eigenvalue weighted by atomic mass is 16.1. The van der Waals surface area contributed by atoms with Crippen molar-refractivity contribution in [1.29, 1.82) is 0 Å². The second-order valence-corrected chi connectivity index (χ2v) is 4.23. The fraction of sp³-hybridized carbons (Fsp3) is 0.462. The number of carbonyl (C=O) groups is 1. The fourth-order valence-corrected chi connectivity index (χ4v) is 1.00. The molecule has 0 aliphatic rings. The van der Waals surface area contributed by atoms with Crippen molar-refractivity contribution in [2.24, 2.45) is 0 Å². The molecule has 0 heterocycles. The molecule has 0 bridgehead atoms. The van der Waals surface area contributed by atoms with Crippen molar-refractivity contribution in [3.63, 3.8) is 0 Å². The van der Waals surface area contributed by atoms with Crippen LogP contribution < -0.4 is 5.32 Å². The van der Waals surface area contributed by atoms with E-state index in [1.165, 1.54) is 0 Å². The Labute approximate surface area is 92.8 Å². The number of carbonyl (C=O) groups excluding carboxylic acids is 1. The molecule has 2 heteroatoms. The van der Waals surface area contributed by atoms with Crippen LogP contribution >= 0.6 is 0 Å². The Balaban J connectivity index is 4.83. The number of nitrogens with one attached hydrogen (secondary N) is 1. The second kappa shape index (κ2) is 6.23. The lowest BCUT2D eigenvalue weighted by Gasteiger charge is -2.10. The Morgan fingerprint density at radius 3 is 2.07 bits per heavy atom. The maximum Gasteiger partial charge on any atom is 0.251 e. The highest BCUT2D eigenvalue weighted by Crippen LogP contribution is 2.08. The fourth-order valence-electron chi connectivity index (χ4n) is 1.00. The van der Waals surface area contributed by atoms with Gasteiger partial charge in [0.2, 0.25) is 0 Å². The smallest absolute Gasteiger partial charge is 0.251 e. The SMILES string of the molecule is C=C(C)C(=CC=C(C)C)C(=O)NC(C)C. The van der Waals surface area contributed by atoms with Crippen LogP contribution in [0.1, 0.15) is 34.6 Å². The van der Waals surface area contributed by atoms with Gasteiger partial charge in [0, 0.05) is 11.6 Å². The summed E-state index contributed by atoms with van der Waals surface area (Å²) in [6, 6.07) is 0.145. The van der Waals surface area contributed by atoms with Crippen LogP contribution in [0.2, 0.25) is 0 Å². The average molecular weight is 207 g/mol. The first-order valence-corrected chi connectivity index (χ1v) is 5.16. The van der Waals surface area contributed by atoms with E-state index >= 15 is 0 Å². The molecule has 0 aliphatic heterocycles. The molecule has 0 rings (SSSR count). The van der Waals surface area contributed by atoms with E-state index in [1.807, 2.05) is 46.8 Å². The minimum atomic E-state index is -0.0602. The predicted molar refractivity (Wildman–Crippen MR) is 65.6 cm³/mol. The summed E-state index contributed by atoms with van der Waals surface area (Å²) in [6.07, 6.45) is 3.74. The maximum absolute atomic E-state index is 11.7. The van der Waals surface area contributed by atoms with Gasteiger partial charge < -0.3 is 5.32 Å². The molecule has 0 atom stereocenters. The molecule has 84 valence electrons. The molecule has 1 N–H and O–H groups in total. The summed E-state index contributed by atoms with van der Waals surface area (Å²) >= 11 is 0. The van der Waals surface area contributed by atoms with Gasteiger partial charge in [-0.25, -0.2) is 0 Å². The van der Waals surface area contributed by atoms with Crippen LogP contribution in [0.4, 0.5) is 0 Å². The quantitative estimate of drug-likeness (QED) is 0.557. The summed E-state index contributed by atoms with van der Waals surface area (Å²) in [4.78, 5) is 11.7. The second-order valence-electron chi connectivity index (χ2n) is 4.23. The van der Waals surface area contributed by atoms with E-state index in [1.54, 1.807) is 0 Å². The third-order valence-corrected chi connectivity index (χ3v) is 1.71. The first-order chi connectivity index (χ1) is 6.84. The zero-order valence-electron chi connectivity index (χ0n) is 10.3. The molecule has 0 aromatic carbocycles. The summed E-state index contributed by atoms with van der Waals surface area (Å²) in [6.45, 7) is 13.5. The largest absolute Gasteiger partial charge is 0.350 e. The summed E-state index contributed by atoms with van der Waals surface area (Å²) < 4.78 is 0. The molecular formula is C13H21NO. The minimum absolute atomic E-state index is 0.0602. The van der Waals surface area contributed by atoms with Crippen LogP contribution in [0.25, 0.3) is 0 Å². The van der Waals surface area contributed by atoms with Crippen LogP contribution in [-0.4, -0.2) is 11.9 Å². The van der Waals surface area contributed by atoms with Gasteiger partial charge in [0.05, 0.1) is 0 Å². The molecule has 0 spiro atoms. The van der Waals surface area contributed by atoms with Crippen molar-refractivity contribution in [3.8, 4) is 0 Å². The third-order valence-electron chi connectivity index (χ3n) is 1.71. The maximum atomic E-state index is 11.7. The molecule has 0 fully saturated rings. The monoisotopic (exact) mass is 207 g/mol. The van der Waals surface area contributed by atoms with Crippen molar-refractivity contribution in [2.45, 2.75) is 40.7 Å². The summed E-state index contributed by atoms with van der Waals surface area (Å²) in [7, 11) is 0. The van der Waals surface area contributed by atoms with Crippen LogP contribution in [-0.2, 0) is 4.79 Å². The first-order valence-electron chi connectivity index (χ1n) is 5.16. The van der Waals surface area contributed by atoms with Gasteiger partial charge in [-0.05, 0) is 46.3 Å². The lowest BCUT2D eigenvalue weighted by atomic mass is 10.1. The number of rotatable bonds is 4. The lowest BCUT2D eigenvalue weighted by Crippen LogP contribution is -2.31. The third kappa shape index (κ3) is 5.89. The van der Waals surface area contributed by atoms with Crippen molar-refractivity contribution < 1.29 is 4.79 Å². The predicted octanol–water partition coefficient (Wildman–Crippen LogP) is 2.98. The van der Waals surface area contributed by atoms with Gasteiger partial charge in [-0.3, -0.25) is 4.79 Å². The van der Waals surface area contributed by atoms with E-state index in [-0.39, 0.29) is 11.9 Å². The number of allylic oxidation sites excluding steroid dienone is 3. The van der Waals surface area contributed by atoms with Crippen LogP contribution in [0.15, 0.2) is 35.5 Å². The van der Waals surface area contributed by atoms with E-state index in [4.69, 9.17) is 0 Å². The van der Waals surface area contributed by atoms with Crippen LogP contribution in [0.5, 0.6) is 0 Å². The highest BCUT2D eigenvalue weighted by molar-refractivity contribution is 5.97. The number of hydrogen-bond acceptors (Lipinski definition) is 1. The standard InChI is InChI=1S/C13H21NO/c1-9(2)7-8-12(10(3)4)13(15)14-11(5)6/h7-8,11H,3H2,1-2,4-6H3,(H,14,15). The molecule has 0 aromatic rings. The van der Waals surface area contributed by atoms with Gasteiger partial charge in [-0.1, -0.05) is 18.2 Å². The molecule has 0 saturated heterocycles. The van der Waals surface area contributed by atoms with Crippen LogP contribution in [0.3, 0.4) is 0 Å². The summed E-state index contributed by atoms with van der Waals surface area (Å²) in [5.74, 6) is -0.0602. The first kappa shape index (κ1) is 13.7. The van der Waals surface area contributed by atoms with Gasteiger partial charge in [-0.15, -0.1) is 0 Å². The van der Waals surface area contributed by atoms with Gasteiger partial charge in [-0.2, -0.15) is 0 Å². The Kier molecular flexibility index (Phi) is 5.68. The van der Waals surface area contributed by atoms with E-state index < -0.39 is 0 Å². The average Bonchev–Trinajstić information content (AvgIpc) is 2.01. The minimum Gasteiger partial charge on any atom is -0.350 e. The topological polar surface area (TPSA) is 29.1 Å². The van der Waals surface area contributed by atoms with Gasteiger partial charge in [0.25, 0.3) is 5.91 Å². The molecule has 1 amide bonds. The van der Waals surface area contributed by atoms with Gasteiger partial charge in [0.1, 0.15) is 0 Å². The summed E-state index contributed by atoms with van der Waals surface area (Å²) in [5, 5.41) is 2.85. The zero-order valence-corrected chi connectivity index (χ0v) is 10.3. The number of amides is 1. The van der Waals surface area contributed by atoms with Crippen molar-refractivity contribution >= 4 is 5.91 Å². The number of hydrogen-bond donors (Lipinski definition) is 1. The van der Waals surface area contributed by atoms with E-state index in [9.17, 15) is 4.79 Å². The highest BCUT2D eigenvalue weighted by Gasteiger charge is 2.09. The Morgan fingerprint density at radius 1 is 1.20 bits per heavy atom. The van der Waals surface area contributed by atoms with E-state index in [0.717, 1.165) is 11.1 Å². The molecular weight excluding hydrogens is 186 g/mol. The van der Waals surface area contributed by atoms with Gasteiger partial charge >= 0.3 is 0 Å². The Morgan fingerprint density at radius 2 is 1.73 bits per heavy atom. The Bertz CT molecular complexity index is 304. The van der Waals surface area contributed by atoms with Crippen molar-refractivity contribution in [1.82, 2.24) is 5.32 Å². The lowest BCUT2D eigenvalue weighted by molar-refractivity contribution is -0.117. The molecule has 15 heavy (non-hydrogen) atoms. The molecule has 2 nitrogen and oxygen atoms in total.